The highest BCUT2D eigenvalue weighted by atomic mass is 16.3. The third kappa shape index (κ3) is 2.95. The zero-order chi connectivity index (χ0) is 18.3. The summed E-state index contributed by atoms with van der Waals surface area (Å²) in [6.07, 6.45) is 13.7. The topological polar surface area (TPSA) is 39.1 Å². The van der Waals surface area contributed by atoms with Crippen LogP contribution in [0.2, 0.25) is 0 Å². The van der Waals surface area contributed by atoms with Gasteiger partial charge in [0.25, 0.3) is 0 Å². The van der Waals surface area contributed by atoms with Crippen molar-refractivity contribution in [3.05, 3.63) is 59.8 Å². The summed E-state index contributed by atoms with van der Waals surface area (Å²) >= 11 is 0. The number of rotatable bonds is 4. The van der Waals surface area contributed by atoms with Gasteiger partial charge in [-0.25, -0.2) is 4.99 Å². The van der Waals surface area contributed by atoms with E-state index in [9.17, 15) is 5.11 Å². The van der Waals surface area contributed by atoms with Crippen molar-refractivity contribution < 1.29 is 5.11 Å². The number of hydrogen-bond donors (Lipinski definition) is 1. The first kappa shape index (κ1) is 16.9. The highest BCUT2D eigenvalue weighted by Gasteiger charge is 2.40. The molecule has 2 fully saturated rings. The number of nitrogens with zero attached hydrogens (tertiary/aromatic N) is 3. The summed E-state index contributed by atoms with van der Waals surface area (Å²) < 4.78 is 0. The molecule has 2 saturated carbocycles. The van der Waals surface area contributed by atoms with Crippen LogP contribution >= 0.6 is 0 Å². The van der Waals surface area contributed by atoms with Crippen molar-refractivity contribution in [3.8, 4) is 0 Å². The van der Waals surface area contributed by atoms with Gasteiger partial charge in [-0.1, -0.05) is 43.2 Å². The smallest absolute Gasteiger partial charge is 0.159 e. The molecule has 4 heteroatoms. The quantitative estimate of drug-likeness (QED) is 0.842. The fourth-order valence-electron chi connectivity index (χ4n) is 5.23. The molecule has 0 saturated heterocycles. The van der Waals surface area contributed by atoms with Gasteiger partial charge in [-0.15, -0.1) is 0 Å². The van der Waals surface area contributed by atoms with E-state index in [0.29, 0.717) is 11.8 Å². The maximum absolute atomic E-state index is 10.5. The van der Waals surface area contributed by atoms with Crippen LogP contribution in [0.15, 0.2) is 59.2 Å². The summed E-state index contributed by atoms with van der Waals surface area (Å²) in [6, 6.07) is 11.7. The minimum absolute atomic E-state index is 0.192. The Morgan fingerprint density at radius 2 is 1.81 bits per heavy atom. The predicted molar refractivity (Wildman–Crippen MR) is 108 cm³/mol. The molecule has 0 atom stereocenters. The summed E-state index contributed by atoms with van der Waals surface area (Å²) in [5.41, 5.74) is 2.58. The van der Waals surface area contributed by atoms with Gasteiger partial charge < -0.3 is 14.9 Å². The zero-order valence-corrected chi connectivity index (χ0v) is 16.0. The molecule has 0 amide bonds. The number of amidine groups is 1. The maximum atomic E-state index is 10.5. The molecule has 142 valence electrons. The van der Waals surface area contributed by atoms with Crippen LogP contribution in [0.5, 0.6) is 0 Å². The Morgan fingerprint density at radius 3 is 2.52 bits per heavy atom. The van der Waals surface area contributed by atoms with Crippen LogP contribution in [0.25, 0.3) is 0 Å². The zero-order valence-electron chi connectivity index (χ0n) is 16.0. The van der Waals surface area contributed by atoms with Crippen molar-refractivity contribution in [2.24, 2.45) is 4.99 Å². The minimum atomic E-state index is 0.192. The van der Waals surface area contributed by atoms with Crippen LogP contribution in [-0.2, 0) is 5.41 Å². The van der Waals surface area contributed by atoms with Crippen molar-refractivity contribution >= 4 is 5.84 Å². The Kier molecular flexibility index (Phi) is 4.22. The maximum Gasteiger partial charge on any atom is 0.159 e. The molecule has 1 aromatic rings. The highest BCUT2D eigenvalue weighted by Crippen LogP contribution is 2.45. The summed E-state index contributed by atoms with van der Waals surface area (Å²) in [5.74, 6) is 1.43. The first-order valence-corrected chi connectivity index (χ1v) is 10.5. The van der Waals surface area contributed by atoms with Gasteiger partial charge in [-0.05, 0) is 37.7 Å². The molecule has 2 heterocycles. The van der Waals surface area contributed by atoms with Gasteiger partial charge in [0, 0.05) is 37.2 Å². The van der Waals surface area contributed by atoms with Crippen molar-refractivity contribution in [1.82, 2.24) is 9.80 Å². The standard InChI is InChI=1S/C23H29N3O/c27-21-16-24-22(26-14-13-25(17-20(21)26)19-9-6-10-19)15-23(11-4-5-12-23)18-7-2-1-3-8-18/h1-3,7-8,16-17,19,27H,4-6,9-15H2. The number of aliphatic imine (C=N–C) groups is 1. The predicted octanol–water partition coefficient (Wildman–Crippen LogP) is 4.71. The van der Waals surface area contributed by atoms with Gasteiger partial charge >= 0.3 is 0 Å². The van der Waals surface area contributed by atoms with Gasteiger partial charge in [0.1, 0.15) is 11.5 Å². The molecule has 0 radical (unpaired) electrons. The van der Waals surface area contributed by atoms with Crippen molar-refractivity contribution in [3.63, 3.8) is 0 Å². The lowest BCUT2D eigenvalue weighted by atomic mass is 9.75. The highest BCUT2D eigenvalue weighted by molar-refractivity contribution is 5.88. The van der Waals surface area contributed by atoms with Crippen LogP contribution < -0.4 is 0 Å². The van der Waals surface area contributed by atoms with E-state index in [0.717, 1.165) is 31.0 Å². The second kappa shape index (κ2) is 6.74. The second-order valence-corrected chi connectivity index (χ2v) is 8.58. The summed E-state index contributed by atoms with van der Waals surface area (Å²) in [4.78, 5) is 9.41. The van der Waals surface area contributed by atoms with Gasteiger partial charge in [0.05, 0.1) is 6.20 Å². The van der Waals surface area contributed by atoms with Crippen molar-refractivity contribution in [1.29, 1.82) is 0 Å². The van der Waals surface area contributed by atoms with E-state index in [1.165, 1.54) is 50.5 Å². The number of hydrogen-bond acceptors (Lipinski definition) is 4. The Labute approximate surface area is 161 Å². The van der Waals surface area contributed by atoms with Gasteiger partial charge in [0.2, 0.25) is 0 Å². The Hall–Kier alpha value is -2.23. The Balaban J connectivity index is 1.43. The molecule has 2 aliphatic carbocycles. The normalized spacial score (nSPS) is 24.7. The number of aliphatic hydroxyl groups is 1. The molecule has 2 aliphatic heterocycles. The second-order valence-electron chi connectivity index (χ2n) is 8.58. The number of benzene rings is 1. The number of aliphatic hydroxyl groups excluding tert-OH is 1. The van der Waals surface area contributed by atoms with Crippen molar-refractivity contribution in [2.45, 2.75) is 62.8 Å². The third-order valence-electron chi connectivity index (χ3n) is 7.06. The molecular formula is C23H29N3O. The van der Waals surface area contributed by atoms with Crippen LogP contribution in [-0.4, -0.2) is 39.9 Å². The van der Waals surface area contributed by atoms with E-state index in [1.807, 2.05) is 0 Å². The van der Waals surface area contributed by atoms with Crippen LogP contribution in [0, 0.1) is 0 Å². The van der Waals surface area contributed by atoms with E-state index in [-0.39, 0.29) is 5.41 Å². The van der Waals surface area contributed by atoms with Crippen molar-refractivity contribution in [2.75, 3.05) is 13.1 Å². The molecule has 1 N–H and O–H groups in total. The van der Waals surface area contributed by atoms with Crippen LogP contribution in [0.4, 0.5) is 0 Å². The fraction of sp³-hybridized carbons (Fsp3) is 0.522. The van der Waals surface area contributed by atoms with Gasteiger partial charge in [0.15, 0.2) is 5.76 Å². The average Bonchev–Trinajstić information content (AvgIpc) is 3.13. The summed E-state index contributed by atoms with van der Waals surface area (Å²) in [5, 5.41) is 10.5. The van der Waals surface area contributed by atoms with E-state index in [2.05, 4.69) is 46.3 Å². The molecule has 0 spiro atoms. The third-order valence-corrected chi connectivity index (χ3v) is 7.06. The van der Waals surface area contributed by atoms with Crippen LogP contribution in [0.3, 0.4) is 0 Å². The minimum Gasteiger partial charge on any atom is -0.504 e. The molecule has 0 bridgehead atoms. The van der Waals surface area contributed by atoms with E-state index < -0.39 is 0 Å². The molecule has 1 aromatic carbocycles. The first-order chi connectivity index (χ1) is 13.3. The molecule has 27 heavy (non-hydrogen) atoms. The lowest BCUT2D eigenvalue weighted by molar-refractivity contribution is 0.156. The summed E-state index contributed by atoms with van der Waals surface area (Å²) in [6.45, 7) is 1.95. The molecule has 4 nitrogen and oxygen atoms in total. The van der Waals surface area contributed by atoms with E-state index >= 15 is 0 Å². The lowest BCUT2D eigenvalue weighted by Gasteiger charge is -2.45. The Morgan fingerprint density at radius 1 is 1.04 bits per heavy atom. The molecule has 4 aliphatic rings. The monoisotopic (exact) mass is 363 g/mol. The first-order valence-electron chi connectivity index (χ1n) is 10.5. The largest absolute Gasteiger partial charge is 0.504 e. The number of fused-ring (bicyclic) bond motifs is 1. The van der Waals surface area contributed by atoms with Crippen LogP contribution in [0.1, 0.15) is 56.9 Å². The molecule has 0 aromatic heterocycles. The molecule has 0 unspecified atom stereocenters. The Bertz CT molecular complexity index is 785. The van der Waals surface area contributed by atoms with E-state index in [1.54, 1.807) is 6.20 Å². The summed E-state index contributed by atoms with van der Waals surface area (Å²) in [7, 11) is 0. The van der Waals surface area contributed by atoms with E-state index in [4.69, 9.17) is 4.99 Å². The fourth-order valence-corrected chi connectivity index (χ4v) is 5.23. The lowest BCUT2D eigenvalue weighted by Crippen LogP contribution is -2.49. The van der Waals surface area contributed by atoms with Gasteiger partial charge in [-0.2, -0.15) is 0 Å². The average molecular weight is 364 g/mol. The molecular weight excluding hydrogens is 334 g/mol. The SMILES string of the molecule is OC1=CN=C(CC2(c3ccccc3)CCCC2)N2CCN(C3CCC3)C=C12. The molecule has 5 rings (SSSR count). The van der Waals surface area contributed by atoms with Gasteiger partial charge in [-0.3, -0.25) is 0 Å².